The van der Waals surface area contributed by atoms with Gasteiger partial charge in [-0.05, 0) is 50.5 Å². The van der Waals surface area contributed by atoms with Gasteiger partial charge in [0.15, 0.2) is 6.61 Å². The van der Waals surface area contributed by atoms with Crippen LogP contribution < -0.4 is 9.46 Å². The molecule has 0 aromatic carbocycles. The summed E-state index contributed by atoms with van der Waals surface area (Å²) in [4.78, 5) is 19.1. The monoisotopic (exact) mass is 423 g/mol. The number of ether oxygens (including phenoxy) is 2. The summed E-state index contributed by atoms with van der Waals surface area (Å²) < 4.78 is 38.5. The first-order valence-corrected chi connectivity index (χ1v) is 12.3. The molecule has 2 fully saturated rings. The second-order valence-electron chi connectivity index (χ2n) is 8.29. The van der Waals surface area contributed by atoms with Gasteiger partial charge in [-0.1, -0.05) is 6.07 Å². The Morgan fingerprint density at radius 2 is 2.00 bits per heavy atom. The van der Waals surface area contributed by atoms with Gasteiger partial charge in [0.1, 0.15) is 0 Å². The molecule has 0 spiro atoms. The lowest BCUT2D eigenvalue weighted by Crippen LogP contribution is -2.59. The summed E-state index contributed by atoms with van der Waals surface area (Å²) in [6.07, 6.45) is 8.23. The van der Waals surface area contributed by atoms with Crippen molar-refractivity contribution in [1.82, 2.24) is 14.6 Å². The smallest absolute Gasteiger partial charge is 0.260 e. The largest absolute Gasteiger partial charge is 0.467 e. The minimum absolute atomic E-state index is 0.109. The number of rotatable bonds is 2. The number of nitrogens with one attached hydrogen (secondary N) is 1. The summed E-state index contributed by atoms with van der Waals surface area (Å²) >= 11 is 0. The minimum Gasteiger partial charge on any atom is -0.467 e. The van der Waals surface area contributed by atoms with Crippen molar-refractivity contribution >= 4 is 15.9 Å². The van der Waals surface area contributed by atoms with Crippen LogP contribution in [0.3, 0.4) is 0 Å². The molecule has 5 rings (SSSR count). The first-order valence-electron chi connectivity index (χ1n) is 10.4. The Labute approximate surface area is 172 Å². The van der Waals surface area contributed by atoms with Gasteiger partial charge in [0.2, 0.25) is 15.9 Å². The first kappa shape index (κ1) is 20.6. The standard InChI is InChI=1S/C20H29N3O5S/c1-29(25,26)22-17-5-3-11-23-18(17)12-27-15-8-6-14(7-9-15)16-4-2-10-21-20(16)28-13-19(23)24/h2,4,10,14-15,17-18,22H,3,5-9,11-13H2,1H3/t14?,15?,17-,18-/m0/s1. The predicted octanol–water partition coefficient (Wildman–Crippen LogP) is 1.43. The van der Waals surface area contributed by atoms with Gasteiger partial charge in [-0.25, -0.2) is 18.1 Å². The van der Waals surface area contributed by atoms with Crippen LogP contribution >= 0.6 is 0 Å². The lowest BCUT2D eigenvalue weighted by atomic mass is 9.83. The molecule has 3 aliphatic heterocycles. The summed E-state index contributed by atoms with van der Waals surface area (Å²) in [5.41, 5.74) is 1.06. The van der Waals surface area contributed by atoms with Gasteiger partial charge in [0.25, 0.3) is 5.91 Å². The molecular weight excluding hydrogens is 394 g/mol. The third kappa shape index (κ3) is 4.90. The SMILES string of the molecule is CS(=O)(=O)N[C@H]1CCCN2C(=O)COc3ncccc3C3CCC(CC3)OC[C@@H]12. The Bertz CT molecular complexity index is 838. The van der Waals surface area contributed by atoms with Crippen molar-refractivity contribution in [2.24, 2.45) is 0 Å². The molecule has 160 valence electrons. The van der Waals surface area contributed by atoms with E-state index in [1.54, 1.807) is 11.1 Å². The molecule has 1 saturated carbocycles. The van der Waals surface area contributed by atoms with Crippen LogP contribution in [0.15, 0.2) is 18.3 Å². The summed E-state index contributed by atoms with van der Waals surface area (Å²) in [5.74, 6) is 0.724. The van der Waals surface area contributed by atoms with Crippen LogP contribution in [0.5, 0.6) is 5.88 Å². The van der Waals surface area contributed by atoms with Crippen molar-refractivity contribution in [3.63, 3.8) is 0 Å². The lowest BCUT2D eigenvalue weighted by Gasteiger charge is -2.41. The molecule has 29 heavy (non-hydrogen) atoms. The molecule has 1 amide bonds. The van der Waals surface area contributed by atoms with E-state index in [1.165, 1.54) is 0 Å². The number of carbonyl (C=O) groups is 1. The molecule has 0 unspecified atom stereocenters. The van der Waals surface area contributed by atoms with Crippen molar-refractivity contribution in [3.05, 3.63) is 23.9 Å². The Balaban J connectivity index is 1.61. The summed E-state index contributed by atoms with van der Waals surface area (Å²) in [5, 5.41) is 0. The molecule has 2 bridgehead atoms. The molecule has 2 atom stereocenters. The van der Waals surface area contributed by atoms with E-state index >= 15 is 0 Å². The van der Waals surface area contributed by atoms with Crippen LogP contribution in [0.2, 0.25) is 0 Å². The van der Waals surface area contributed by atoms with E-state index in [-0.39, 0.29) is 30.7 Å². The average molecular weight is 424 g/mol. The van der Waals surface area contributed by atoms with Crippen LogP contribution in [-0.2, 0) is 19.6 Å². The van der Waals surface area contributed by atoms with Gasteiger partial charge in [-0.2, -0.15) is 0 Å². The number of sulfonamides is 1. The number of hydrogen-bond acceptors (Lipinski definition) is 6. The van der Waals surface area contributed by atoms with Gasteiger partial charge in [-0.3, -0.25) is 4.79 Å². The van der Waals surface area contributed by atoms with Gasteiger partial charge < -0.3 is 14.4 Å². The van der Waals surface area contributed by atoms with Crippen LogP contribution in [-0.4, -0.2) is 68.4 Å². The molecule has 0 radical (unpaired) electrons. The van der Waals surface area contributed by atoms with E-state index in [0.717, 1.165) is 43.9 Å². The highest BCUT2D eigenvalue weighted by atomic mass is 32.2. The number of amides is 1. The van der Waals surface area contributed by atoms with Crippen molar-refractivity contribution < 1.29 is 22.7 Å². The van der Waals surface area contributed by atoms with E-state index < -0.39 is 10.0 Å². The molecule has 8 nitrogen and oxygen atoms in total. The number of nitrogens with zero attached hydrogens (tertiary/aromatic N) is 2. The summed E-state index contributed by atoms with van der Waals surface area (Å²) in [6, 6.07) is 3.26. The zero-order valence-corrected chi connectivity index (χ0v) is 17.6. The third-order valence-corrected chi connectivity index (χ3v) is 6.95. The number of carbonyl (C=O) groups excluding carboxylic acids is 1. The van der Waals surface area contributed by atoms with Gasteiger partial charge in [-0.15, -0.1) is 0 Å². The van der Waals surface area contributed by atoms with E-state index in [1.807, 2.05) is 12.1 Å². The molecule has 1 saturated heterocycles. The maximum atomic E-state index is 13.0. The quantitative estimate of drug-likeness (QED) is 0.773. The van der Waals surface area contributed by atoms with Crippen molar-refractivity contribution in [1.29, 1.82) is 0 Å². The number of aromatic nitrogens is 1. The predicted molar refractivity (Wildman–Crippen MR) is 107 cm³/mol. The topological polar surface area (TPSA) is 97.8 Å². The number of hydrogen-bond donors (Lipinski definition) is 1. The highest BCUT2D eigenvalue weighted by molar-refractivity contribution is 7.88. The van der Waals surface area contributed by atoms with E-state index in [0.29, 0.717) is 31.4 Å². The Kier molecular flexibility index (Phi) is 6.08. The fourth-order valence-corrected chi connectivity index (χ4v) is 5.63. The Hall–Kier alpha value is -1.71. The normalized spacial score (nSPS) is 30.9. The van der Waals surface area contributed by atoms with Gasteiger partial charge >= 0.3 is 0 Å². The zero-order valence-electron chi connectivity index (χ0n) is 16.7. The number of pyridine rings is 1. The van der Waals surface area contributed by atoms with E-state index in [9.17, 15) is 13.2 Å². The van der Waals surface area contributed by atoms with Crippen molar-refractivity contribution in [2.45, 2.75) is 62.6 Å². The number of piperidine rings is 1. The fraction of sp³-hybridized carbons (Fsp3) is 0.700. The summed E-state index contributed by atoms with van der Waals surface area (Å²) in [7, 11) is -3.38. The highest BCUT2D eigenvalue weighted by Gasteiger charge is 2.37. The van der Waals surface area contributed by atoms with E-state index in [2.05, 4.69) is 9.71 Å². The number of fused-ring (bicyclic) bond motifs is 5. The zero-order chi connectivity index (χ0) is 20.4. The lowest BCUT2D eigenvalue weighted by molar-refractivity contribution is -0.140. The molecule has 9 heteroatoms. The fourth-order valence-electron chi connectivity index (χ4n) is 4.81. The second-order valence-corrected chi connectivity index (χ2v) is 10.1. The highest BCUT2D eigenvalue weighted by Crippen LogP contribution is 2.38. The maximum absolute atomic E-state index is 13.0. The van der Waals surface area contributed by atoms with Crippen LogP contribution in [0.25, 0.3) is 0 Å². The average Bonchev–Trinajstić information content (AvgIpc) is 2.71. The second kappa shape index (κ2) is 8.57. The maximum Gasteiger partial charge on any atom is 0.260 e. The molecule has 1 aromatic rings. The van der Waals surface area contributed by atoms with Gasteiger partial charge in [0, 0.05) is 24.3 Å². The van der Waals surface area contributed by atoms with Gasteiger partial charge in [0.05, 0.1) is 25.0 Å². The minimum atomic E-state index is -3.38. The van der Waals surface area contributed by atoms with Crippen molar-refractivity contribution in [3.8, 4) is 5.88 Å². The molecule has 1 aromatic heterocycles. The third-order valence-electron chi connectivity index (χ3n) is 6.21. The molecular formula is C20H29N3O5S. The first-order chi connectivity index (χ1) is 13.9. The molecule has 1 aliphatic carbocycles. The van der Waals surface area contributed by atoms with Crippen LogP contribution in [0.4, 0.5) is 0 Å². The van der Waals surface area contributed by atoms with E-state index in [4.69, 9.17) is 9.47 Å². The van der Waals surface area contributed by atoms with Crippen LogP contribution in [0.1, 0.15) is 50.0 Å². The van der Waals surface area contributed by atoms with Crippen LogP contribution in [0, 0.1) is 0 Å². The van der Waals surface area contributed by atoms with Crippen molar-refractivity contribution in [2.75, 3.05) is 26.0 Å². The molecule has 4 aliphatic rings. The Morgan fingerprint density at radius 1 is 1.21 bits per heavy atom. The Morgan fingerprint density at radius 3 is 2.76 bits per heavy atom. The molecule has 1 N–H and O–H groups in total. The summed E-state index contributed by atoms with van der Waals surface area (Å²) in [6.45, 7) is 0.794. The molecule has 4 heterocycles.